The van der Waals surface area contributed by atoms with Gasteiger partial charge in [-0.05, 0) is 72.5 Å². The number of likely N-dealkylation sites (tertiary alicyclic amines) is 1. The first-order chi connectivity index (χ1) is 10.7. The van der Waals surface area contributed by atoms with Crippen LogP contribution in [-0.2, 0) is 6.54 Å². The van der Waals surface area contributed by atoms with Crippen molar-refractivity contribution in [3.05, 3.63) is 28.2 Å². The van der Waals surface area contributed by atoms with E-state index in [-0.39, 0.29) is 12.4 Å². The monoisotopic (exact) mass is 404 g/mol. The van der Waals surface area contributed by atoms with Crippen molar-refractivity contribution < 1.29 is 4.74 Å². The summed E-state index contributed by atoms with van der Waals surface area (Å²) in [4.78, 5) is 6.87. The van der Waals surface area contributed by atoms with E-state index in [9.17, 15) is 0 Å². The van der Waals surface area contributed by atoms with Gasteiger partial charge in [0, 0.05) is 6.54 Å². The Balaban J connectivity index is 0.00000264. The third kappa shape index (κ3) is 6.97. The summed E-state index contributed by atoms with van der Waals surface area (Å²) >= 11 is 3.47. The SMILES string of the molecule is COc1ccc(CN=C(N)NCCCN2CCCC2)cc1Br.Cl. The largest absolute Gasteiger partial charge is 0.496 e. The molecule has 1 fully saturated rings. The lowest BCUT2D eigenvalue weighted by atomic mass is 10.2. The van der Waals surface area contributed by atoms with Crippen LogP contribution in [0.15, 0.2) is 27.7 Å². The quantitative estimate of drug-likeness (QED) is 0.416. The zero-order chi connectivity index (χ0) is 15.8. The number of halogens is 2. The number of benzene rings is 1. The predicted octanol–water partition coefficient (Wildman–Crippen LogP) is 2.77. The molecule has 23 heavy (non-hydrogen) atoms. The molecule has 0 saturated carbocycles. The van der Waals surface area contributed by atoms with Gasteiger partial charge in [0.05, 0.1) is 18.1 Å². The number of methoxy groups -OCH3 is 1. The number of aliphatic imine (C=N–C) groups is 1. The molecule has 130 valence electrons. The summed E-state index contributed by atoms with van der Waals surface area (Å²) in [5, 5.41) is 3.18. The molecule has 2 rings (SSSR count). The maximum atomic E-state index is 5.90. The lowest BCUT2D eigenvalue weighted by molar-refractivity contribution is 0.334. The van der Waals surface area contributed by atoms with Crippen LogP contribution in [-0.4, -0.2) is 44.1 Å². The summed E-state index contributed by atoms with van der Waals surface area (Å²) in [6.45, 7) is 5.07. The van der Waals surface area contributed by atoms with Gasteiger partial charge in [0.15, 0.2) is 5.96 Å². The first kappa shape index (κ1) is 20.1. The van der Waals surface area contributed by atoms with Gasteiger partial charge in [-0.2, -0.15) is 0 Å². The van der Waals surface area contributed by atoms with Crippen LogP contribution in [0.25, 0.3) is 0 Å². The molecule has 1 aliphatic heterocycles. The number of nitrogens with one attached hydrogen (secondary N) is 1. The van der Waals surface area contributed by atoms with Gasteiger partial charge in [-0.15, -0.1) is 12.4 Å². The molecule has 0 unspecified atom stereocenters. The number of ether oxygens (including phenoxy) is 1. The minimum Gasteiger partial charge on any atom is -0.496 e. The first-order valence-electron chi connectivity index (χ1n) is 7.77. The molecule has 1 aliphatic rings. The molecular formula is C16H26BrClN4O. The molecule has 1 heterocycles. The van der Waals surface area contributed by atoms with Crippen molar-refractivity contribution in [1.29, 1.82) is 0 Å². The molecule has 0 spiro atoms. The number of nitrogens with two attached hydrogens (primary N) is 1. The van der Waals surface area contributed by atoms with E-state index in [0.29, 0.717) is 12.5 Å². The number of hydrogen-bond acceptors (Lipinski definition) is 3. The fraction of sp³-hybridized carbons (Fsp3) is 0.562. The van der Waals surface area contributed by atoms with Crippen molar-refractivity contribution in [2.45, 2.75) is 25.8 Å². The lowest BCUT2D eigenvalue weighted by Gasteiger charge is -2.14. The molecule has 1 aromatic carbocycles. The summed E-state index contributed by atoms with van der Waals surface area (Å²) in [7, 11) is 1.65. The molecule has 1 aromatic rings. The molecule has 5 nitrogen and oxygen atoms in total. The van der Waals surface area contributed by atoms with Gasteiger partial charge in [0.1, 0.15) is 5.75 Å². The highest BCUT2D eigenvalue weighted by molar-refractivity contribution is 9.10. The molecule has 0 amide bonds. The van der Waals surface area contributed by atoms with E-state index < -0.39 is 0 Å². The van der Waals surface area contributed by atoms with E-state index in [0.717, 1.165) is 35.3 Å². The Morgan fingerprint density at radius 2 is 2.13 bits per heavy atom. The Morgan fingerprint density at radius 1 is 1.39 bits per heavy atom. The van der Waals surface area contributed by atoms with E-state index in [2.05, 4.69) is 31.1 Å². The molecular weight excluding hydrogens is 380 g/mol. The average molecular weight is 406 g/mol. The highest BCUT2D eigenvalue weighted by Crippen LogP contribution is 2.25. The van der Waals surface area contributed by atoms with Gasteiger partial charge in [0.2, 0.25) is 0 Å². The maximum absolute atomic E-state index is 5.90. The second-order valence-electron chi connectivity index (χ2n) is 5.50. The molecule has 0 atom stereocenters. The Hall–Kier alpha value is -0.980. The molecule has 7 heteroatoms. The standard InChI is InChI=1S/C16H25BrN4O.ClH/c1-22-15-6-5-13(11-14(15)17)12-20-16(18)19-7-4-10-21-8-2-3-9-21;/h5-6,11H,2-4,7-10,12H2,1H3,(H3,18,19,20);1H. The third-order valence-corrected chi connectivity index (χ3v) is 4.42. The summed E-state index contributed by atoms with van der Waals surface area (Å²) in [5.74, 6) is 1.33. The van der Waals surface area contributed by atoms with Crippen LogP contribution in [0.5, 0.6) is 5.75 Å². The van der Waals surface area contributed by atoms with E-state index >= 15 is 0 Å². The third-order valence-electron chi connectivity index (χ3n) is 3.80. The Morgan fingerprint density at radius 3 is 2.78 bits per heavy atom. The summed E-state index contributed by atoms with van der Waals surface area (Å²) < 4.78 is 6.14. The van der Waals surface area contributed by atoms with Gasteiger partial charge < -0.3 is 20.7 Å². The van der Waals surface area contributed by atoms with Crippen LogP contribution in [0.2, 0.25) is 0 Å². The molecule has 0 radical (unpaired) electrons. The highest BCUT2D eigenvalue weighted by atomic mass is 79.9. The second-order valence-corrected chi connectivity index (χ2v) is 6.35. The van der Waals surface area contributed by atoms with Gasteiger partial charge in [-0.1, -0.05) is 6.07 Å². The Kier molecular flexibility index (Phi) is 9.36. The van der Waals surface area contributed by atoms with Crippen LogP contribution in [0, 0.1) is 0 Å². The summed E-state index contributed by atoms with van der Waals surface area (Å²) in [5.41, 5.74) is 6.99. The number of hydrogen-bond donors (Lipinski definition) is 2. The first-order valence-corrected chi connectivity index (χ1v) is 8.57. The number of guanidine groups is 1. The van der Waals surface area contributed by atoms with E-state index in [1.807, 2.05) is 18.2 Å². The summed E-state index contributed by atoms with van der Waals surface area (Å²) in [6, 6.07) is 5.92. The van der Waals surface area contributed by atoms with Crippen LogP contribution >= 0.6 is 28.3 Å². The zero-order valence-electron chi connectivity index (χ0n) is 13.6. The van der Waals surface area contributed by atoms with Gasteiger partial charge >= 0.3 is 0 Å². The number of rotatable bonds is 7. The van der Waals surface area contributed by atoms with Gasteiger partial charge in [-0.3, -0.25) is 0 Å². The smallest absolute Gasteiger partial charge is 0.188 e. The Bertz CT molecular complexity index is 507. The topological polar surface area (TPSA) is 62.9 Å². The molecule has 1 saturated heterocycles. The maximum Gasteiger partial charge on any atom is 0.188 e. The van der Waals surface area contributed by atoms with Crippen molar-refractivity contribution in [3.63, 3.8) is 0 Å². The van der Waals surface area contributed by atoms with Crippen molar-refractivity contribution in [2.24, 2.45) is 10.7 Å². The van der Waals surface area contributed by atoms with Crippen LogP contribution in [0.3, 0.4) is 0 Å². The zero-order valence-corrected chi connectivity index (χ0v) is 16.0. The van der Waals surface area contributed by atoms with Crippen LogP contribution in [0.1, 0.15) is 24.8 Å². The fourth-order valence-corrected chi connectivity index (χ4v) is 3.15. The molecule has 0 aliphatic carbocycles. The number of nitrogens with zero attached hydrogens (tertiary/aromatic N) is 2. The minimum absolute atomic E-state index is 0. The molecule has 3 N–H and O–H groups in total. The van der Waals surface area contributed by atoms with Crippen molar-refractivity contribution in [3.8, 4) is 5.75 Å². The molecule has 0 aromatic heterocycles. The van der Waals surface area contributed by atoms with E-state index in [1.54, 1.807) is 7.11 Å². The average Bonchev–Trinajstić information content (AvgIpc) is 3.03. The normalized spacial score (nSPS) is 15.3. The predicted molar refractivity (Wildman–Crippen MR) is 102 cm³/mol. The second kappa shape index (κ2) is 10.7. The summed E-state index contributed by atoms with van der Waals surface area (Å²) in [6.07, 6.45) is 3.78. The highest BCUT2D eigenvalue weighted by Gasteiger charge is 2.10. The van der Waals surface area contributed by atoms with Gasteiger partial charge in [-0.25, -0.2) is 4.99 Å². The van der Waals surface area contributed by atoms with E-state index in [1.165, 1.54) is 25.9 Å². The van der Waals surface area contributed by atoms with Crippen molar-refractivity contribution in [1.82, 2.24) is 10.2 Å². The minimum atomic E-state index is 0. The van der Waals surface area contributed by atoms with Crippen LogP contribution < -0.4 is 15.8 Å². The van der Waals surface area contributed by atoms with E-state index in [4.69, 9.17) is 10.5 Å². The van der Waals surface area contributed by atoms with Crippen molar-refractivity contribution >= 4 is 34.3 Å². The lowest BCUT2D eigenvalue weighted by Crippen LogP contribution is -2.34. The molecule has 0 bridgehead atoms. The van der Waals surface area contributed by atoms with Crippen molar-refractivity contribution in [2.75, 3.05) is 33.3 Å². The van der Waals surface area contributed by atoms with Gasteiger partial charge in [0.25, 0.3) is 0 Å². The van der Waals surface area contributed by atoms with Crippen LogP contribution in [0.4, 0.5) is 0 Å². The fourth-order valence-electron chi connectivity index (χ4n) is 2.57. The Labute approximate surface area is 153 Å².